The van der Waals surface area contributed by atoms with E-state index in [1.807, 2.05) is 6.92 Å². The topological polar surface area (TPSA) is 220 Å². The number of aliphatic carboxylic acids is 1. The van der Waals surface area contributed by atoms with Crippen LogP contribution in [-0.2, 0) is 36.8 Å². The zero-order valence-corrected chi connectivity index (χ0v) is 23.8. The Kier molecular flexibility index (Phi) is 12.8. The Balaban J connectivity index is 2.14. The fourth-order valence-corrected chi connectivity index (χ4v) is 3.97. The van der Waals surface area contributed by atoms with E-state index in [0.717, 1.165) is 0 Å². The van der Waals surface area contributed by atoms with E-state index in [9.17, 15) is 34.2 Å². The molecule has 9 N–H and O–H groups in total. The largest absolute Gasteiger partial charge is 0.508 e. The second-order valence-corrected chi connectivity index (χ2v) is 10.1. The van der Waals surface area contributed by atoms with E-state index in [2.05, 4.69) is 21.3 Å². The van der Waals surface area contributed by atoms with Crippen molar-refractivity contribution in [3.8, 4) is 11.5 Å². The van der Waals surface area contributed by atoms with Crippen LogP contribution in [0.25, 0.3) is 0 Å². The highest BCUT2D eigenvalue weighted by atomic mass is 16.4. The number of hydrogen-bond acceptors (Lipinski definition) is 8. The van der Waals surface area contributed by atoms with Gasteiger partial charge in [0.2, 0.25) is 23.6 Å². The summed E-state index contributed by atoms with van der Waals surface area (Å²) in [5.41, 5.74) is 7.40. The molecule has 0 bridgehead atoms. The lowest BCUT2D eigenvalue weighted by molar-refractivity contribution is -0.139. The molecule has 0 unspecified atom stereocenters. The summed E-state index contributed by atoms with van der Waals surface area (Å²) in [6, 6.07) is 7.89. The molecule has 228 valence electrons. The van der Waals surface area contributed by atoms with Crippen LogP contribution in [0.4, 0.5) is 0 Å². The summed E-state index contributed by atoms with van der Waals surface area (Å²) in [4.78, 5) is 62.6. The van der Waals surface area contributed by atoms with Gasteiger partial charge in [-0.2, -0.15) is 0 Å². The minimum Gasteiger partial charge on any atom is -0.508 e. The lowest BCUT2D eigenvalue weighted by Crippen LogP contribution is -2.58. The Hall–Kier alpha value is -4.65. The molecule has 0 saturated heterocycles. The van der Waals surface area contributed by atoms with Crippen LogP contribution in [0.3, 0.4) is 0 Å². The number of aromatic hydroxyl groups is 2. The molecule has 2 aromatic rings. The van der Waals surface area contributed by atoms with Crippen LogP contribution in [0.15, 0.2) is 48.5 Å². The lowest BCUT2D eigenvalue weighted by Gasteiger charge is -2.26. The van der Waals surface area contributed by atoms with Crippen molar-refractivity contribution in [1.82, 2.24) is 21.3 Å². The van der Waals surface area contributed by atoms with Crippen molar-refractivity contribution in [1.29, 1.82) is 0 Å². The maximum atomic E-state index is 13.3. The molecule has 0 fully saturated rings. The van der Waals surface area contributed by atoms with Crippen molar-refractivity contribution in [2.45, 2.75) is 64.2 Å². The van der Waals surface area contributed by atoms with E-state index in [1.165, 1.54) is 31.2 Å². The van der Waals surface area contributed by atoms with Crippen molar-refractivity contribution in [2.75, 3.05) is 6.54 Å². The number of carboxylic acids is 1. The van der Waals surface area contributed by atoms with Gasteiger partial charge in [0.05, 0.1) is 6.04 Å². The number of nitrogens with two attached hydrogens (primary N) is 1. The van der Waals surface area contributed by atoms with Crippen LogP contribution >= 0.6 is 0 Å². The van der Waals surface area contributed by atoms with Gasteiger partial charge in [-0.15, -0.1) is 0 Å². The minimum atomic E-state index is -1.23. The summed E-state index contributed by atoms with van der Waals surface area (Å²) >= 11 is 0. The molecule has 0 aliphatic carbocycles. The van der Waals surface area contributed by atoms with Gasteiger partial charge in [0.25, 0.3) is 0 Å². The second-order valence-electron chi connectivity index (χ2n) is 10.1. The number of phenols is 2. The minimum absolute atomic E-state index is 0.0191. The van der Waals surface area contributed by atoms with Crippen LogP contribution < -0.4 is 27.0 Å². The first kappa shape index (κ1) is 33.6. The van der Waals surface area contributed by atoms with Gasteiger partial charge in [0.1, 0.15) is 36.2 Å². The summed E-state index contributed by atoms with van der Waals surface area (Å²) in [5.74, 6) is -4.14. The Labute approximate surface area is 243 Å². The van der Waals surface area contributed by atoms with Crippen molar-refractivity contribution >= 4 is 29.6 Å². The summed E-state index contributed by atoms with van der Waals surface area (Å²) in [5, 5.41) is 37.9. The number of benzene rings is 2. The zero-order valence-electron chi connectivity index (χ0n) is 23.8. The molecule has 0 spiro atoms. The third-order valence-corrected chi connectivity index (χ3v) is 6.70. The average Bonchev–Trinajstić information content (AvgIpc) is 2.95. The monoisotopic (exact) mass is 585 g/mol. The fraction of sp³-hybridized carbons (Fsp3) is 0.414. The van der Waals surface area contributed by atoms with E-state index < -0.39 is 60.3 Å². The quantitative estimate of drug-likeness (QED) is 0.140. The number of rotatable bonds is 15. The van der Waals surface area contributed by atoms with E-state index in [4.69, 9.17) is 10.8 Å². The molecule has 0 aliphatic heterocycles. The number of carboxylic acid groups (broad SMARTS) is 1. The summed E-state index contributed by atoms with van der Waals surface area (Å²) in [6.45, 7) is 4.33. The number of nitrogens with one attached hydrogen (secondary N) is 4. The van der Waals surface area contributed by atoms with Crippen LogP contribution in [0.5, 0.6) is 11.5 Å². The van der Waals surface area contributed by atoms with Crippen LogP contribution in [0.1, 0.15) is 38.3 Å². The predicted octanol–water partition coefficient (Wildman–Crippen LogP) is -0.0685. The van der Waals surface area contributed by atoms with Crippen LogP contribution in [0, 0.1) is 5.92 Å². The van der Waals surface area contributed by atoms with Crippen molar-refractivity contribution in [3.05, 3.63) is 59.7 Å². The number of carbonyl (C=O) groups is 5. The summed E-state index contributed by atoms with van der Waals surface area (Å²) in [7, 11) is 0. The predicted molar refractivity (Wildman–Crippen MR) is 153 cm³/mol. The number of amides is 4. The Bertz CT molecular complexity index is 1240. The van der Waals surface area contributed by atoms with Gasteiger partial charge < -0.3 is 42.3 Å². The maximum absolute atomic E-state index is 13.3. The standard InChI is InChI=1S/C29H39N5O8/c1-4-16(2)25(29(42)31-15-24(37)38)34-26(39)17(3)32-28(41)23(14-19-7-11-21(36)12-8-19)33-27(40)22(30)13-18-5-9-20(35)10-6-18/h5-12,16-17,22-23,25,35-36H,4,13-15,30H2,1-3H3,(H,31,42)(H,32,41)(H,33,40)(H,34,39)(H,37,38)/t16-,17-,22-,23-,25-/m0/s1. The molecular weight excluding hydrogens is 546 g/mol. The third kappa shape index (κ3) is 10.7. The molecule has 2 rings (SSSR count). The lowest BCUT2D eigenvalue weighted by atomic mass is 9.98. The van der Waals surface area contributed by atoms with Gasteiger partial charge >= 0.3 is 5.97 Å². The zero-order chi connectivity index (χ0) is 31.4. The molecule has 0 aliphatic rings. The number of carbonyl (C=O) groups excluding carboxylic acids is 4. The van der Waals surface area contributed by atoms with Crippen molar-refractivity contribution < 1.29 is 39.3 Å². The highest BCUT2D eigenvalue weighted by molar-refractivity contribution is 5.95. The van der Waals surface area contributed by atoms with Gasteiger partial charge in [-0.1, -0.05) is 44.5 Å². The van der Waals surface area contributed by atoms with E-state index in [1.54, 1.807) is 31.2 Å². The third-order valence-electron chi connectivity index (χ3n) is 6.70. The fourth-order valence-electron chi connectivity index (χ4n) is 3.97. The molecule has 0 aromatic heterocycles. The number of hydrogen-bond donors (Lipinski definition) is 8. The molecule has 42 heavy (non-hydrogen) atoms. The first-order valence-corrected chi connectivity index (χ1v) is 13.5. The molecule has 13 heteroatoms. The van der Waals surface area contributed by atoms with Gasteiger partial charge in [-0.05, 0) is 54.7 Å². The molecule has 2 aromatic carbocycles. The summed E-state index contributed by atoms with van der Waals surface area (Å²) in [6.07, 6.45) is 0.669. The highest BCUT2D eigenvalue weighted by Crippen LogP contribution is 2.14. The Morgan fingerprint density at radius 1 is 0.738 bits per heavy atom. The first-order valence-electron chi connectivity index (χ1n) is 13.5. The smallest absolute Gasteiger partial charge is 0.322 e. The SMILES string of the molecule is CC[C@H](C)[C@H](NC(=O)[C@H](C)NC(=O)[C@H](Cc1ccc(O)cc1)NC(=O)[C@@H](N)Cc1ccc(O)cc1)C(=O)NCC(=O)O. The molecule has 4 amide bonds. The average molecular weight is 586 g/mol. The van der Waals surface area contributed by atoms with Gasteiger partial charge in [0.15, 0.2) is 0 Å². The van der Waals surface area contributed by atoms with Crippen LogP contribution in [-0.4, -0.2) is 75.6 Å². The first-order chi connectivity index (χ1) is 19.8. The maximum Gasteiger partial charge on any atom is 0.322 e. The Morgan fingerprint density at radius 3 is 1.76 bits per heavy atom. The van der Waals surface area contributed by atoms with Gasteiger partial charge in [-0.3, -0.25) is 24.0 Å². The molecule has 0 radical (unpaired) electrons. The van der Waals surface area contributed by atoms with Crippen molar-refractivity contribution in [3.63, 3.8) is 0 Å². The molecule has 0 saturated carbocycles. The molecular formula is C29H39N5O8. The van der Waals surface area contributed by atoms with Crippen molar-refractivity contribution in [2.24, 2.45) is 11.7 Å². The van der Waals surface area contributed by atoms with Gasteiger partial charge in [0, 0.05) is 6.42 Å². The Morgan fingerprint density at radius 2 is 1.26 bits per heavy atom. The summed E-state index contributed by atoms with van der Waals surface area (Å²) < 4.78 is 0. The number of phenolic OH excluding ortho intramolecular Hbond substituents is 2. The molecule has 0 heterocycles. The van der Waals surface area contributed by atoms with E-state index in [0.29, 0.717) is 17.5 Å². The van der Waals surface area contributed by atoms with E-state index >= 15 is 0 Å². The highest BCUT2D eigenvalue weighted by Gasteiger charge is 2.30. The van der Waals surface area contributed by atoms with Gasteiger partial charge in [-0.25, -0.2) is 0 Å². The van der Waals surface area contributed by atoms with E-state index in [-0.39, 0.29) is 30.3 Å². The molecule has 13 nitrogen and oxygen atoms in total. The van der Waals surface area contributed by atoms with Crippen LogP contribution in [0.2, 0.25) is 0 Å². The molecule has 5 atom stereocenters. The second kappa shape index (κ2) is 16.0. The normalized spacial score (nSPS) is 14.4.